The van der Waals surface area contributed by atoms with E-state index in [1.807, 2.05) is 13.1 Å². The number of hydrogen-bond acceptors (Lipinski definition) is 2. The summed E-state index contributed by atoms with van der Waals surface area (Å²) >= 11 is 0. The molecule has 0 aromatic carbocycles. The molecule has 2 saturated carbocycles. The molecular formula is C16H24N2. The minimum absolute atomic E-state index is 0.667. The van der Waals surface area contributed by atoms with Gasteiger partial charge in [-0.2, -0.15) is 0 Å². The van der Waals surface area contributed by atoms with Crippen LogP contribution in [0, 0.1) is 12.3 Å². The number of hydrogen-bond donors (Lipinski definition) is 1. The standard InChI is InChI=1S/C16H24N2/c1-13-4-5-15(12-17-13)18-14-6-10-16(11-7-14)8-2-3-9-16/h4-5,12,14,18H,2-3,6-11H2,1H3. The average molecular weight is 244 g/mol. The van der Waals surface area contributed by atoms with Crippen molar-refractivity contribution in [2.75, 3.05) is 5.32 Å². The van der Waals surface area contributed by atoms with Crippen molar-refractivity contribution in [1.29, 1.82) is 0 Å². The maximum Gasteiger partial charge on any atom is 0.0529 e. The van der Waals surface area contributed by atoms with Crippen molar-refractivity contribution in [3.63, 3.8) is 0 Å². The quantitative estimate of drug-likeness (QED) is 0.838. The van der Waals surface area contributed by atoms with Gasteiger partial charge < -0.3 is 5.32 Å². The molecule has 1 spiro atoms. The third kappa shape index (κ3) is 2.52. The lowest BCUT2D eigenvalue weighted by molar-refractivity contribution is 0.188. The molecule has 2 aliphatic carbocycles. The predicted molar refractivity (Wildman–Crippen MR) is 75.8 cm³/mol. The molecule has 0 amide bonds. The zero-order chi connectivity index (χ0) is 12.4. The van der Waals surface area contributed by atoms with Gasteiger partial charge in [0.25, 0.3) is 0 Å². The van der Waals surface area contributed by atoms with Gasteiger partial charge in [-0.1, -0.05) is 12.8 Å². The van der Waals surface area contributed by atoms with Crippen LogP contribution in [0.4, 0.5) is 5.69 Å². The molecule has 0 unspecified atom stereocenters. The van der Waals surface area contributed by atoms with Gasteiger partial charge in [0.2, 0.25) is 0 Å². The van der Waals surface area contributed by atoms with Crippen molar-refractivity contribution in [2.45, 2.75) is 64.3 Å². The Balaban J connectivity index is 1.55. The van der Waals surface area contributed by atoms with Gasteiger partial charge in [-0.05, 0) is 63.0 Å². The van der Waals surface area contributed by atoms with Gasteiger partial charge in [0.05, 0.1) is 11.9 Å². The zero-order valence-corrected chi connectivity index (χ0v) is 11.4. The van der Waals surface area contributed by atoms with E-state index in [1.54, 1.807) is 0 Å². The van der Waals surface area contributed by atoms with Crippen LogP contribution < -0.4 is 5.32 Å². The van der Waals surface area contributed by atoms with Gasteiger partial charge >= 0.3 is 0 Å². The molecule has 2 fully saturated rings. The topological polar surface area (TPSA) is 24.9 Å². The molecule has 18 heavy (non-hydrogen) atoms. The number of rotatable bonds is 2. The Morgan fingerprint density at radius 2 is 1.83 bits per heavy atom. The van der Waals surface area contributed by atoms with Crippen molar-refractivity contribution in [1.82, 2.24) is 4.98 Å². The Morgan fingerprint density at radius 1 is 1.11 bits per heavy atom. The molecule has 1 aromatic rings. The van der Waals surface area contributed by atoms with Gasteiger partial charge in [-0.25, -0.2) is 0 Å². The van der Waals surface area contributed by atoms with E-state index < -0.39 is 0 Å². The van der Waals surface area contributed by atoms with Crippen LogP contribution in [0.3, 0.4) is 0 Å². The molecule has 1 N–H and O–H groups in total. The van der Waals surface area contributed by atoms with Crippen LogP contribution in [-0.4, -0.2) is 11.0 Å². The summed E-state index contributed by atoms with van der Waals surface area (Å²) in [5.41, 5.74) is 3.02. The fourth-order valence-corrected chi connectivity index (χ4v) is 3.79. The molecule has 0 aliphatic heterocycles. The zero-order valence-electron chi connectivity index (χ0n) is 11.4. The molecule has 2 nitrogen and oxygen atoms in total. The van der Waals surface area contributed by atoms with Crippen molar-refractivity contribution >= 4 is 5.69 Å². The second-order valence-electron chi connectivity index (χ2n) is 6.31. The molecule has 0 saturated heterocycles. The molecule has 1 aromatic heterocycles. The van der Waals surface area contributed by atoms with Crippen molar-refractivity contribution in [3.8, 4) is 0 Å². The second-order valence-corrected chi connectivity index (χ2v) is 6.31. The molecule has 0 bridgehead atoms. The molecular weight excluding hydrogens is 220 g/mol. The molecule has 3 rings (SSSR count). The molecule has 0 atom stereocenters. The van der Waals surface area contributed by atoms with E-state index in [0.29, 0.717) is 6.04 Å². The van der Waals surface area contributed by atoms with Gasteiger partial charge in [-0.15, -0.1) is 0 Å². The van der Waals surface area contributed by atoms with Gasteiger partial charge in [0, 0.05) is 11.7 Å². The van der Waals surface area contributed by atoms with Crippen molar-refractivity contribution in [3.05, 3.63) is 24.0 Å². The van der Waals surface area contributed by atoms with Crippen LogP contribution in [0.15, 0.2) is 18.3 Å². The first-order valence-corrected chi connectivity index (χ1v) is 7.45. The maximum atomic E-state index is 4.35. The highest BCUT2D eigenvalue weighted by Gasteiger charge is 2.37. The second kappa shape index (κ2) is 4.91. The van der Waals surface area contributed by atoms with Gasteiger partial charge in [0.15, 0.2) is 0 Å². The first kappa shape index (κ1) is 12.0. The average Bonchev–Trinajstić information content (AvgIpc) is 2.84. The number of anilines is 1. The number of aryl methyl sites for hydroxylation is 1. The van der Waals surface area contributed by atoms with E-state index >= 15 is 0 Å². The van der Waals surface area contributed by atoms with Crippen LogP contribution in [0.25, 0.3) is 0 Å². The SMILES string of the molecule is Cc1ccc(NC2CCC3(CCCC3)CC2)cn1. The monoisotopic (exact) mass is 244 g/mol. The highest BCUT2D eigenvalue weighted by Crippen LogP contribution is 2.49. The van der Waals surface area contributed by atoms with E-state index in [1.165, 1.54) is 57.1 Å². The first-order valence-electron chi connectivity index (χ1n) is 7.45. The summed E-state index contributed by atoms with van der Waals surface area (Å²) < 4.78 is 0. The summed E-state index contributed by atoms with van der Waals surface area (Å²) in [5.74, 6) is 0. The Morgan fingerprint density at radius 3 is 2.44 bits per heavy atom. The van der Waals surface area contributed by atoms with Crippen LogP contribution in [0.2, 0.25) is 0 Å². The van der Waals surface area contributed by atoms with Gasteiger partial charge in [0.1, 0.15) is 0 Å². The fraction of sp³-hybridized carbons (Fsp3) is 0.688. The molecule has 2 aliphatic rings. The molecule has 2 heteroatoms. The van der Waals surface area contributed by atoms with E-state index in [-0.39, 0.29) is 0 Å². The lowest BCUT2D eigenvalue weighted by Gasteiger charge is -2.37. The Hall–Kier alpha value is -1.05. The highest BCUT2D eigenvalue weighted by atomic mass is 14.9. The summed E-state index contributed by atoms with van der Waals surface area (Å²) in [7, 11) is 0. The van der Waals surface area contributed by atoms with E-state index in [4.69, 9.17) is 0 Å². The van der Waals surface area contributed by atoms with Crippen molar-refractivity contribution < 1.29 is 0 Å². The third-order valence-corrected chi connectivity index (χ3v) is 4.99. The number of pyridine rings is 1. The largest absolute Gasteiger partial charge is 0.381 e. The van der Waals surface area contributed by atoms with Crippen LogP contribution in [-0.2, 0) is 0 Å². The number of nitrogens with one attached hydrogen (secondary N) is 1. The van der Waals surface area contributed by atoms with Crippen LogP contribution in [0.1, 0.15) is 57.1 Å². The van der Waals surface area contributed by atoms with E-state index in [2.05, 4.69) is 22.4 Å². The summed E-state index contributed by atoms with van der Waals surface area (Å²) in [6.07, 6.45) is 13.4. The normalized spacial score (nSPS) is 23.4. The minimum atomic E-state index is 0.667. The molecule has 1 heterocycles. The highest BCUT2D eigenvalue weighted by molar-refractivity contribution is 5.41. The predicted octanol–water partition coefficient (Wildman–Crippen LogP) is 4.30. The minimum Gasteiger partial charge on any atom is -0.381 e. The fourth-order valence-electron chi connectivity index (χ4n) is 3.79. The van der Waals surface area contributed by atoms with Crippen LogP contribution >= 0.6 is 0 Å². The Kier molecular flexibility index (Phi) is 3.27. The number of aromatic nitrogens is 1. The van der Waals surface area contributed by atoms with Crippen molar-refractivity contribution in [2.24, 2.45) is 5.41 Å². The number of nitrogens with zero attached hydrogens (tertiary/aromatic N) is 1. The summed E-state index contributed by atoms with van der Waals surface area (Å²) in [5, 5.41) is 3.65. The third-order valence-electron chi connectivity index (χ3n) is 4.99. The van der Waals surface area contributed by atoms with Crippen LogP contribution in [0.5, 0.6) is 0 Å². The summed E-state index contributed by atoms with van der Waals surface area (Å²) in [6.45, 7) is 2.04. The van der Waals surface area contributed by atoms with E-state index in [9.17, 15) is 0 Å². The lowest BCUT2D eigenvalue weighted by Crippen LogP contribution is -2.31. The maximum absolute atomic E-state index is 4.35. The lowest BCUT2D eigenvalue weighted by atomic mass is 9.71. The summed E-state index contributed by atoms with van der Waals surface area (Å²) in [4.78, 5) is 4.35. The molecule has 0 radical (unpaired) electrons. The van der Waals surface area contributed by atoms with E-state index in [0.717, 1.165) is 11.1 Å². The Bertz CT molecular complexity index is 380. The first-order chi connectivity index (χ1) is 8.76. The summed E-state index contributed by atoms with van der Waals surface area (Å²) in [6, 6.07) is 4.91. The van der Waals surface area contributed by atoms with Gasteiger partial charge in [-0.3, -0.25) is 4.98 Å². The smallest absolute Gasteiger partial charge is 0.0529 e. The molecule has 98 valence electrons. The Labute approximate surface area is 110 Å².